The van der Waals surface area contributed by atoms with Crippen molar-refractivity contribution in [3.05, 3.63) is 58.9 Å². The first-order valence-electron chi connectivity index (χ1n) is 6.65. The molecule has 0 atom stereocenters. The minimum atomic E-state index is -0.741. The third-order valence-electron chi connectivity index (χ3n) is 2.84. The van der Waals surface area contributed by atoms with Crippen LogP contribution in [0.3, 0.4) is 0 Å². The van der Waals surface area contributed by atoms with Crippen LogP contribution in [0.1, 0.15) is 27.8 Å². The molecule has 0 aliphatic carbocycles. The average Bonchev–Trinajstić information content (AvgIpc) is 2.53. The van der Waals surface area contributed by atoms with E-state index < -0.39 is 18.5 Å². The normalized spacial score (nSPS) is 10.0. The van der Waals surface area contributed by atoms with Crippen LogP contribution in [-0.4, -0.2) is 29.3 Å². The largest absolute Gasteiger partial charge is 0.451 e. The van der Waals surface area contributed by atoms with Gasteiger partial charge in [0.05, 0.1) is 0 Å². The van der Waals surface area contributed by atoms with Crippen LogP contribution in [0.5, 0.6) is 0 Å². The molecular formula is C16H13ClN2O4. The zero-order chi connectivity index (χ0) is 16.8. The van der Waals surface area contributed by atoms with Gasteiger partial charge in [0.2, 0.25) is 0 Å². The molecule has 1 N–H and O–H groups in total. The summed E-state index contributed by atoms with van der Waals surface area (Å²) < 4.78 is 4.85. The Bertz CT molecular complexity index is 744. The van der Waals surface area contributed by atoms with Crippen LogP contribution in [0.25, 0.3) is 0 Å². The third-order valence-corrected chi connectivity index (χ3v) is 3.08. The highest BCUT2D eigenvalue weighted by molar-refractivity contribution is 6.30. The van der Waals surface area contributed by atoms with Gasteiger partial charge < -0.3 is 10.1 Å². The highest BCUT2D eigenvalue weighted by Crippen LogP contribution is 2.11. The number of hydrogen-bond donors (Lipinski definition) is 1. The van der Waals surface area contributed by atoms with Crippen molar-refractivity contribution in [2.45, 2.75) is 6.92 Å². The first-order valence-corrected chi connectivity index (χ1v) is 7.03. The summed E-state index contributed by atoms with van der Waals surface area (Å²) in [4.78, 5) is 38.4. The lowest BCUT2D eigenvalue weighted by Gasteiger charge is -2.07. The van der Waals surface area contributed by atoms with Crippen molar-refractivity contribution >= 4 is 34.9 Å². The van der Waals surface area contributed by atoms with Crippen LogP contribution in [0.2, 0.25) is 5.02 Å². The average molecular weight is 333 g/mol. The summed E-state index contributed by atoms with van der Waals surface area (Å²) in [6.45, 7) is 0.998. The quantitative estimate of drug-likeness (QED) is 0.672. The van der Waals surface area contributed by atoms with Crippen molar-refractivity contribution < 1.29 is 19.1 Å². The SMILES string of the molecule is CC(=O)c1ccc(NC(=O)COC(=O)c2cc(Cl)ccn2)cc1. The Labute approximate surface area is 137 Å². The number of amides is 1. The van der Waals surface area contributed by atoms with Crippen molar-refractivity contribution in [2.24, 2.45) is 0 Å². The summed E-state index contributed by atoms with van der Waals surface area (Å²) in [5.74, 6) is -1.31. The lowest BCUT2D eigenvalue weighted by molar-refractivity contribution is -0.119. The number of rotatable bonds is 5. The van der Waals surface area contributed by atoms with E-state index in [1.807, 2.05) is 0 Å². The minimum Gasteiger partial charge on any atom is -0.451 e. The lowest BCUT2D eigenvalue weighted by Crippen LogP contribution is -2.21. The van der Waals surface area contributed by atoms with Crippen molar-refractivity contribution in [3.63, 3.8) is 0 Å². The van der Waals surface area contributed by atoms with Crippen LogP contribution in [0, 0.1) is 0 Å². The van der Waals surface area contributed by atoms with Crippen LogP contribution >= 0.6 is 11.6 Å². The van der Waals surface area contributed by atoms with Gasteiger partial charge in [-0.05, 0) is 43.3 Å². The summed E-state index contributed by atoms with van der Waals surface area (Å²) >= 11 is 5.74. The molecule has 2 aromatic rings. The predicted molar refractivity (Wildman–Crippen MR) is 84.6 cm³/mol. The molecule has 118 valence electrons. The molecule has 0 radical (unpaired) electrons. The second-order valence-electron chi connectivity index (χ2n) is 4.62. The first kappa shape index (κ1) is 16.6. The second-order valence-corrected chi connectivity index (χ2v) is 5.05. The third kappa shape index (κ3) is 4.89. The smallest absolute Gasteiger partial charge is 0.357 e. The van der Waals surface area contributed by atoms with Crippen molar-refractivity contribution in [2.75, 3.05) is 11.9 Å². The molecular weight excluding hydrogens is 320 g/mol. The summed E-state index contributed by atoms with van der Waals surface area (Å²) in [5.41, 5.74) is 1.06. The Hall–Kier alpha value is -2.73. The summed E-state index contributed by atoms with van der Waals surface area (Å²) in [7, 11) is 0. The molecule has 0 fully saturated rings. The van der Waals surface area contributed by atoms with E-state index in [9.17, 15) is 14.4 Å². The number of ketones is 1. The van der Waals surface area contributed by atoms with Gasteiger partial charge in [-0.15, -0.1) is 0 Å². The molecule has 1 aromatic heterocycles. The molecule has 23 heavy (non-hydrogen) atoms. The minimum absolute atomic E-state index is 0.0242. The van der Waals surface area contributed by atoms with Crippen molar-refractivity contribution in [1.29, 1.82) is 0 Å². The van der Waals surface area contributed by atoms with E-state index in [1.165, 1.54) is 25.3 Å². The summed E-state index contributed by atoms with van der Waals surface area (Å²) in [6.07, 6.45) is 1.37. The maximum absolute atomic E-state index is 11.7. The molecule has 1 aromatic carbocycles. The molecule has 7 heteroatoms. The molecule has 6 nitrogen and oxygen atoms in total. The van der Waals surface area contributed by atoms with E-state index in [0.717, 1.165) is 0 Å². The number of hydrogen-bond acceptors (Lipinski definition) is 5. The Balaban J connectivity index is 1.87. The fraction of sp³-hybridized carbons (Fsp3) is 0.125. The van der Waals surface area contributed by atoms with E-state index in [0.29, 0.717) is 16.3 Å². The molecule has 0 bridgehead atoms. The monoisotopic (exact) mass is 332 g/mol. The van der Waals surface area contributed by atoms with E-state index in [1.54, 1.807) is 24.3 Å². The number of carbonyl (C=O) groups is 3. The van der Waals surface area contributed by atoms with Crippen LogP contribution < -0.4 is 5.32 Å². The molecule has 0 spiro atoms. The van der Waals surface area contributed by atoms with Gasteiger partial charge in [-0.25, -0.2) is 9.78 Å². The predicted octanol–water partition coefficient (Wildman–Crippen LogP) is 2.73. The molecule has 0 aliphatic rings. The topological polar surface area (TPSA) is 85.4 Å². The highest BCUT2D eigenvalue weighted by Gasteiger charge is 2.12. The molecule has 1 amide bonds. The van der Waals surface area contributed by atoms with Crippen molar-refractivity contribution in [1.82, 2.24) is 4.98 Å². The molecule has 2 rings (SSSR count). The van der Waals surface area contributed by atoms with Crippen LogP contribution in [0.15, 0.2) is 42.6 Å². The Morgan fingerprint density at radius 1 is 1.17 bits per heavy atom. The molecule has 0 aliphatic heterocycles. The van der Waals surface area contributed by atoms with Gasteiger partial charge in [-0.3, -0.25) is 9.59 Å². The van der Waals surface area contributed by atoms with Gasteiger partial charge in [0.15, 0.2) is 12.4 Å². The molecule has 0 saturated carbocycles. The van der Waals surface area contributed by atoms with Gasteiger partial charge in [0.1, 0.15) is 5.69 Å². The number of Topliss-reactive ketones (excluding diaryl/α,β-unsaturated/α-hetero) is 1. The van der Waals surface area contributed by atoms with Gasteiger partial charge >= 0.3 is 5.97 Å². The fourth-order valence-corrected chi connectivity index (χ4v) is 1.87. The second kappa shape index (κ2) is 7.51. The number of nitrogens with zero attached hydrogens (tertiary/aromatic N) is 1. The number of benzene rings is 1. The molecule has 1 heterocycles. The van der Waals surface area contributed by atoms with Gasteiger partial charge in [-0.1, -0.05) is 11.6 Å². The first-order chi connectivity index (χ1) is 11.0. The fourth-order valence-electron chi connectivity index (χ4n) is 1.71. The standard InChI is InChI=1S/C16H13ClN2O4/c1-10(20)11-2-4-13(5-3-11)19-15(21)9-23-16(22)14-8-12(17)6-7-18-14/h2-8H,9H2,1H3,(H,19,21). The zero-order valence-electron chi connectivity index (χ0n) is 12.2. The van der Waals surface area contributed by atoms with E-state index in [-0.39, 0.29) is 11.5 Å². The maximum Gasteiger partial charge on any atom is 0.357 e. The number of ether oxygens (including phenoxy) is 1. The number of halogens is 1. The highest BCUT2D eigenvalue weighted by atomic mass is 35.5. The number of nitrogens with one attached hydrogen (secondary N) is 1. The van der Waals surface area contributed by atoms with Crippen molar-refractivity contribution in [3.8, 4) is 0 Å². The van der Waals surface area contributed by atoms with Gasteiger partial charge in [0.25, 0.3) is 5.91 Å². The van der Waals surface area contributed by atoms with E-state index >= 15 is 0 Å². The molecule has 0 unspecified atom stereocenters. The number of aromatic nitrogens is 1. The van der Waals surface area contributed by atoms with E-state index in [2.05, 4.69) is 10.3 Å². The number of anilines is 1. The molecule has 0 saturated heterocycles. The number of esters is 1. The van der Waals surface area contributed by atoms with Gasteiger partial charge in [-0.2, -0.15) is 0 Å². The Morgan fingerprint density at radius 3 is 2.48 bits per heavy atom. The zero-order valence-corrected chi connectivity index (χ0v) is 13.0. The summed E-state index contributed by atoms with van der Waals surface area (Å²) in [5, 5.41) is 2.90. The maximum atomic E-state index is 11.7. The van der Waals surface area contributed by atoms with Crippen LogP contribution in [-0.2, 0) is 9.53 Å². The van der Waals surface area contributed by atoms with E-state index in [4.69, 9.17) is 16.3 Å². The summed E-state index contributed by atoms with van der Waals surface area (Å²) in [6, 6.07) is 9.25. The Kier molecular flexibility index (Phi) is 5.43. The van der Waals surface area contributed by atoms with Crippen LogP contribution in [0.4, 0.5) is 5.69 Å². The van der Waals surface area contributed by atoms with Gasteiger partial charge in [0, 0.05) is 22.5 Å². The Morgan fingerprint density at radius 2 is 1.87 bits per heavy atom. The number of carbonyl (C=O) groups excluding carboxylic acids is 3. The lowest BCUT2D eigenvalue weighted by atomic mass is 10.1. The number of pyridine rings is 1.